The van der Waals surface area contributed by atoms with Crippen LogP contribution in [0.1, 0.15) is 0 Å². The highest BCUT2D eigenvalue weighted by Gasteiger charge is 1.96. The maximum Gasteiger partial charge on any atom is 0.184 e. The molecule has 0 aliphatic rings. The molecule has 7 heavy (non-hydrogen) atoms. The molecule has 0 saturated carbocycles. The average Bonchev–Trinajstić information content (AvgIpc) is 1.65. The van der Waals surface area contributed by atoms with Crippen LogP contribution in [0.5, 0.6) is 0 Å². The summed E-state index contributed by atoms with van der Waals surface area (Å²) >= 11 is -2.18. The fraction of sp³-hybridized carbons (Fsp3) is 0.333. The van der Waals surface area contributed by atoms with E-state index in [0.717, 1.165) is 0 Å². The Labute approximate surface area is 43.3 Å². The normalized spacial score (nSPS) is 13.4. The van der Waals surface area contributed by atoms with Crippen LogP contribution in [0.15, 0.2) is 11.5 Å². The minimum atomic E-state index is -2.18. The Bertz CT molecular complexity index is 101. The van der Waals surface area contributed by atoms with Crippen LogP contribution in [-0.2, 0) is 11.1 Å². The van der Waals surface area contributed by atoms with Crippen molar-refractivity contribution in [3.8, 4) is 0 Å². The Morgan fingerprint density at radius 3 is 2.43 bits per heavy atom. The summed E-state index contributed by atoms with van der Waals surface area (Å²) in [6, 6.07) is 0. The zero-order chi connectivity index (χ0) is 5.86. The third-order valence-electron chi connectivity index (χ3n) is 0.396. The van der Waals surface area contributed by atoms with Gasteiger partial charge in [0, 0.05) is 0 Å². The van der Waals surface area contributed by atoms with Gasteiger partial charge in [-0.25, -0.2) is 8.60 Å². The Kier molecular flexibility index (Phi) is 2.78. The molecule has 0 aromatic heterocycles. The molecule has 42 valence electrons. The van der Waals surface area contributed by atoms with Gasteiger partial charge in [0.25, 0.3) is 0 Å². The average molecular weight is 124 g/mol. The lowest BCUT2D eigenvalue weighted by Gasteiger charge is -1.86. The van der Waals surface area contributed by atoms with Gasteiger partial charge in [-0.1, -0.05) is 6.58 Å². The summed E-state index contributed by atoms with van der Waals surface area (Å²) in [6.45, 7) is 2.02. The van der Waals surface area contributed by atoms with Gasteiger partial charge in [0.2, 0.25) is 0 Å². The molecule has 0 spiro atoms. The lowest BCUT2D eigenvalue weighted by atomic mass is 10.7. The van der Waals surface area contributed by atoms with E-state index in [0.29, 0.717) is 0 Å². The van der Waals surface area contributed by atoms with Crippen molar-refractivity contribution >= 4 is 11.1 Å². The monoisotopic (exact) mass is 124 g/mol. The SMILES string of the molecule is C=C(CF)S(=O)O. The summed E-state index contributed by atoms with van der Waals surface area (Å²) in [7, 11) is 0. The predicted molar refractivity (Wildman–Crippen MR) is 25.9 cm³/mol. The first-order valence-corrected chi connectivity index (χ1v) is 2.63. The molecule has 1 N–H and O–H groups in total. The fourth-order valence-corrected chi connectivity index (χ4v) is 0.140. The second-order valence-electron chi connectivity index (χ2n) is 0.921. The van der Waals surface area contributed by atoms with E-state index in [4.69, 9.17) is 4.55 Å². The maximum absolute atomic E-state index is 11.2. The predicted octanol–water partition coefficient (Wildman–Crippen LogP) is 0.691. The van der Waals surface area contributed by atoms with Crippen LogP contribution in [0.2, 0.25) is 0 Å². The molecule has 0 heterocycles. The summed E-state index contributed by atoms with van der Waals surface area (Å²) in [6.07, 6.45) is 0. The summed E-state index contributed by atoms with van der Waals surface area (Å²) < 4.78 is 28.8. The molecule has 2 nitrogen and oxygen atoms in total. The molecule has 0 aliphatic carbocycles. The second kappa shape index (κ2) is 2.87. The molecule has 0 saturated heterocycles. The summed E-state index contributed by atoms with van der Waals surface area (Å²) in [5.74, 6) is 0. The van der Waals surface area contributed by atoms with Crippen molar-refractivity contribution in [2.45, 2.75) is 0 Å². The summed E-state index contributed by atoms with van der Waals surface area (Å²) in [4.78, 5) is -0.292. The molecule has 0 fully saturated rings. The van der Waals surface area contributed by atoms with Crippen molar-refractivity contribution in [2.24, 2.45) is 0 Å². The number of halogens is 1. The maximum atomic E-state index is 11.2. The van der Waals surface area contributed by atoms with Crippen LogP contribution >= 0.6 is 0 Å². The molecule has 0 bridgehead atoms. The smallest absolute Gasteiger partial charge is 0.184 e. The Balaban J connectivity index is 3.58. The van der Waals surface area contributed by atoms with Gasteiger partial charge in [-0.2, -0.15) is 0 Å². The van der Waals surface area contributed by atoms with E-state index >= 15 is 0 Å². The molecular weight excluding hydrogens is 119 g/mol. The fourth-order valence-electron chi connectivity index (χ4n) is 0.0467. The van der Waals surface area contributed by atoms with Crippen LogP contribution in [-0.4, -0.2) is 15.4 Å². The number of alkyl halides is 1. The van der Waals surface area contributed by atoms with E-state index in [1.165, 1.54) is 0 Å². The zero-order valence-corrected chi connectivity index (χ0v) is 4.37. The number of allylic oxidation sites excluding steroid dienone is 1. The van der Waals surface area contributed by atoms with Crippen LogP contribution in [0.25, 0.3) is 0 Å². The first kappa shape index (κ1) is 6.78. The minimum absolute atomic E-state index is 0.292. The highest BCUT2D eigenvalue weighted by atomic mass is 32.2. The Hall–Kier alpha value is -0.220. The van der Waals surface area contributed by atoms with E-state index in [1.54, 1.807) is 0 Å². The van der Waals surface area contributed by atoms with Gasteiger partial charge >= 0.3 is 0 Å². The lowest BCUT2D eigenvalue weighted by Crippen LogP contribution is -1.91. The van der Waals surface area contributed by atoms with Crippen molar-refractivity contribution in [3.63, 3.8) is 0 Å². The van der Waals surface area contributed by atoms with E-state index < -0.39 is 17.8 Å². The van der Waals surface area contributed by atoms with Crippen LogP contribution in [0, 0.1) is 0 Å². The first-order chi connectivity index (χ1) is 3.18. The van der Waals surface area contributed by atoms with E-state index in [2.05, 4.69) is 6.58 Å². The van der Waals surface area contributed by atoms with Gasteiger partial charge in [0.05, 0.1) is 4.91 Å². The molecule has 1 atom stereocenters. The molecule has 0 aromatic rings. The minimum Gasteiger partial charge on any atom is -0.302 e. The van der Waals surface area contributed by atoms with Crippen molar-refractivity contribution in [1.29, 1.82) is 0 Å². The lowest BCUT2D eigenvalue weighted by molar-refractivity contribution is 0.534. The number of rotatable bonds is 2. The highest BCUT2D eigenvalue weighted by Crippen LogP contribution is 1.93. The summed E-state index contributed by atoms with van der Waals surface area (Å²) in [5.41, 5.74) is 0. The van der Waals surface area contributed by atoms with Crippen molar-refractivity contribution in [3.05, 3.63) is 11.5 Å². The molecule has 0 rings (SSSR count). The number of hydrogen-bond donors (Lipinski definition) is 1. The van der Waals surface area contributed by atoms with Gasteiger partial charge in [-0.15, -0.1) is 0 Å². The molecule has 0 aromatic carbocycles. The third kappa shape index (κ3) is 2.47. The zero-order valence-electron chi connectivity index (χ0n) is 3.56. The van der Waals surface area contributed by atoms with Crippen molar-refractivity contribution in [1.82, 2.24) is 0 Å². The van der Waals surface area contributed by atoms with Gasteiger partial charge in [0.15, 0.2) is 11.1 Å². The molecule has 0 amide bonds. The van der Waals surface area contributed by atoms with E-state index in [1.807, 2.05) is 0 Å². The van der Waals surface area contributed by atoms with Gasteiger partial charge in [-0.05, 0) is 0 Å². The quantitative estimate of drug-likeness (QED) is 0.550. The molecule has 0 aliphatic heterocycles. The largest absolute Gasteiger partial charge is 0.302 e. The Morgan fingerprint density at radius 1 is 2.00 bits per heavy atom. The number of hydrogen-bond acceptors (Lipinski definition) is 1. The molecule has 1 unspecified atom stereocenters. The summed E-state index contributed by atoms with van der Waals surface area (Å²) in [5, 5.41) is 0. The second-order valence-corrected chi connectivity index (χ2v) is 2.00. The van der Waals surface area contributed by atoms with E-state index in [-0.39, 0.29) is 4.91 Å². The van der Waals surface area contributed by atoms with Crippen LogP contribution in [0.4, 0.5) is 4.39 Å². The highest BCUT2D eigenvalue weighted by molar-refractivity contribution is 7.83. The Morgan fingerprint density at radius 2 is 2.43 bits per heavy atom. The van der Waals surface area contributed by atoms with Gasteiger partial charge in [0.1, 0.15) is 6.67 Å². The molecular formula is C3H5FO2S. The third-order valence-corrected chi connectivity index (χ3v) is 0.999. The van der Waals surface area contributed by atoms with Crippen LogP contribution < -0.4 is 0 Å². The van der Waals surface area contributed by atoms with Crippen LogP contribution in [0.3, 0.4) is 0 Å². The standard InChI is InChI=1S/C3H5FO2S/c1-3(2-4)7(5)6/h1-2H2,(H,5,6). The molecule has 4 heteroatoms. The van der Waals surface area contributed by atoms with Gasteiger partial charge in [-0.3, -0.25) is 0 Å². The van der Waals surface area contributed by atoms with E-state index in [9.17, 15) is 8.60 Å². The molecule has 0 radical (unpaired) electrons. The van der Waals surface area contributed by atoms with Gasteiger partial charge < -0.3 is 4.55 Å². The first-order valence-electron chi connectivity index (χ1n) is 1.53. The topological polar surface area (TPSA) is 37.3 Å². The van der Waals surface area contributed by atoms with Crippen molar-refractivity contribution < 1.29 is 13.2 Å². The van der Waals surface area contributed by atoms with Crippen molar-refractivity contribution in [2.75, 3.05) is 6.67 Å².